The molecule has 0 N–H and O–H groups in total. The first-order valence-corrected chi connectivity index (χ1v) is 8.64. The van der Waals surface area contributed by atoms with E-state index in [0.717, 1.165) is 11.8 Å². The van der Waals surface area contributed by atoms with Crippen molar-refractivity contribution in [2.75, 3.05) is 13.2 Å². The molecule has 1 aromatic carbocycles. The second-order valence-corrected chi connectivity index (χ2v) is 7.07. The summed E-state index contributed by atoms with van der Waals surface area (Å²) in [7, 11) is 0. The van der Waals surface area contributed by atoms with Gasteiger partial charge >= 0.3 is 0 Å². The van der Waals surface area contributed by atoms with Crippen molar-refractivity contribution in [3.05, 3.63) is 35.4 Å². The predicted molar refractivity (Wildman–Crippen MR) is 86.5 cm³/mol. The highest BCUT2D eigenvalue weighted by Crippen LogP contribution is 2.35. The summed E-state index contributed by atoms with van der Waals surface area (Å²) in [5.74, 6) is 2.11. The topological polar surface area (TPSA) is 27.7 Å². The van der Waals surface area contributed by atoms with Gasteiger partial charge in [0.05, 0.1) is 19.8 Å². The van der Waals surface area contributed by atoms with Crippen LogP contribution in [0, 0.1) is 11.8 Å². The van der Waals surface area contributed by atoms with Gasteiger partial charge in [-0.15, -0.1) is 0 Å². The number of rotatable bonds is 4. The fourth-order valence-electron chi connectivity index (χ4n) is 3.32. The first kappa shape index (κ1) is 16.0. The van der Waals surface area contributed by atoms with Gasteiger partial charge in [0.1, 0.15) is 0 Å². The van der Waals surface area contributed by atoms with Crippen molar-refractivity contribution in [2.45, 2.75) is 58.5 Å². The maximum Gasteiger partial charge on any atom is 0.271 e. The summed E-state index contributed by atoms with van der Waals surface area (Å²) in [5.41, 5.74) is 2.66. The fourth-order valence-corrected chi connectivity index (χ4v) is 3.32. The van der Waals surface area contributed by atoms with Crippen molar-refractivity contribution < 1.29 is 14.2 Å². The Bertz CT molecular complexity index is 440. The number of benzene rings is 1. The van der Waals surface area contributed by atoms with Gasteiger partial charge in [0.15, 0.2) is 0 Å². The van der Waals surface area contributed by atoms with Gasteiger partial charge in [-0.25, -0.2) is 0 Å². The molecule has 0 amide bonds. The summed E-state index contributed by atoms with van der Waals surface area (Å²) in [6.07, 6.45) is 5.40. The van der Waals surface area contributed by atoms with Crippen LogP contribution in [0.4, 0.5) is 0 Å². The Hall–Kier alpha value is -0.900. The van der Waals surface area contributed by atoms with Crippen molar-refractivity contribution in [2.24, 2.45) is 11.8 Å². The first-order valence-electron chi connectivity index (χ1n) is 8.64. The third kappa shape index (κ3) is 4.31. The van der Waals surface area contributed by atoms with Crippen LogP contribution in [0.3, 0.4) is 0 Å². The Morgan fingerprint density at radius 3 is 2.18 bits per heavy atom. The summed E-state index contributed by atoms with van der Waals surface area (Å²) in [4.78, 5) is 0. The lowest BCUT2D eigenvalue weighted by Crippen LogP contribution is -2.32. The Balaban J connectivity index is 1.47. The number of ether oxygens (including phenoxy) is 3. The standard InChI is InChI=1S/C19H28O3/c1-14-3-7-17(8-4-14)18-9-5-16(6-10-18)13-22-19-20-11-15(2)12-21-19/h5-6,9-10,14-15,17,19H,3-4,7-8,11-13H2,1-2H3. The highest BCUT2D eigenvalue weighted by Gasteiger charge is 2.21. The highest BCUT2D eigenvalue weighted by atomic mass is 16.8. The lowest BCUT2D eigenvalue weighted by Gasteiger charge is -2.27. The minimum atomic E-state index is -0.504. The molecule has 0 aromatic heterocycles. The maximum absolute atomic E-state index is 5.67. The Labute approximate surface area is 134 Å². The monoisotopic (exact) mass is 304 g/mol. The number of hydrogen-bond acceptors (Lipinski definition) is 3. The molecule has 1 heterocycles. The molecule has 0 atom stereocenters. The van der Waals surface area contributed by atoms with E-state index in [-0.39, 0.29) is 0 Å². The van der Waals surface area contributed by atoms with Crippen molar-refractivity contribution in [3.8, 4) is 0 Å². The molecule has 1 aromatic rings. The van der Waals surface area contributed by atoms with Crippen LogP contribution in [0.5, 0.6) is 0 Å². The summed E-state index contributed by atoms with van der Waals surface area (Å²) in [5, 5.41) is 0. The second kappa shape index (κ2) is 7.58. The molecule has 2 aliphatic rings. The molecule has 0 bridgehead atoms. The molecule has 22 heavy (non-hydrogen) atoms. The van der Waals surface area contributed by atoms with Gasteiger partial charge < -0.3 is 14.2 Å². The molecule has 0 spiro atoms. The zero-order valence-corrected chi connectivity index (χ0v) is 13.8. The van der Waals surface area contributed by atoms with Crippen LogP contribution in [-0.2, 0) is 20.8 Å². The lowest BCUT2D eigenvalue weighted by molar-refractivity contribution is -0.324. The van der Waals surface area contributed by atoms with Crippen LogP contribution in [0.25, 0.3) is 0 Å². The Kier molecular flexibility index (Phi) is 5.51. The predicted octanol–water partition coefficient (Wildman–Crippen LogP) is 4.46. The van der Waals surface area contributed by atoms with Crippen LogP contribution in [0.1, 0.15) is 56.6 Å². The van der Waals surface area contributed by atoms with E-state index in [0.29, 0.717) is 25.7 Å². The van der Waals surface area contributed by atoms with Gasteiger partial charge in [0.25, 0.3) is 6.48 Å². The molecule has 1 aliphatic carbocycles. The largest absolute Gasteiger partial charge is 0.330 e. The van der Waals surface area contributed by atoms with Crippen LogP contribution >= 0.6 is 0 Å². The van der Waals surface area contributed by atoms with Gasteiger partial charge in [0, 0.05) is 5.92 Å². The average Bonchev–Trinajstić information content (AvgIpc) is 2.56. The van der Waals surface area contributed by atoms with E-state index in [9.17, 15) is 0 Å². The smallest absolute Gasteiger partial charge is 0.271 e. The third-order valence-electron chi connectivity index (χ3n) is 4.89. The summed E-state index contributed by atoms with van der Waals surface area (Å²) in [6.45, 7) is 5.94. The van der Waals surface area contributed by atoms with Gasteiger partial charge in [-0.2, -0.15) is 0 Å². The molecule has 122 valence electrons. The van der Waals surface area contributed by atoms with Gasteiger partial charge in [-0.05, 0) is 35.8 Å². The minimum absolute atomic E-state index is 0.456. The SMILES string of the molecule is CC1CCC(c2ccc(COC3OCC(C)CO3)cc2)CC1. The Morgan fingerprint density at radius 1 is 0.909 bits per heavy atom. The zero-order chi connectivity index (χ0) is 15.4. The molecule has 3 heteroatoms. The zero-order valence-electron chi connectivity index (χ0n) is 13.8. The summed E-state index contributed by atoms with van der Waals surface area (Å²) >= 11 is 0. The van der Waals surface area contributed by atoms with Gasteiger partial charge in [-0.3, -0.25) is 0 Å². The number of hydrogen-bond donors (Lipinski definition) is 0. The molecule has 2 fully saturated rings. The van der Waals surface area contributed by atoms with Crippen LogP contribution in [0.15, 0.2) is 24.3 Å². The maximum atomic E-state index is 5.67. The fraction of sp³-hybridized carbons (Fsp3) is 0.684. The van der Waals surface area contributed by atoms with Crippen LogP contribution in [-0.4, -0.2) is 19.7 Å². The van der Waals surface area contributed by atoms with Crippen molar-refractivity contribution >= 4 is 0 Å². The minimum Gasteiger partial charge on any atom is -0.330 e. The van der Waals surface area contributed by atoms with E-state index in [2.05, 4.69) is 38.1 Å². The molecular formula is C19H28O3. The highest BCUT2D eigenvalue weighted by molar-refractivity contribution is 5.25. The van der Waals surface area contributed by atoms with E-state index < -0.39 is 6.48 Å². The van der Waals surface area contributed by atoms with Crippen LogP contribution < -0.4 is 0 Å². The third-order valence-corrected chi connectivity index (χ3v) is 4.89. The van der Waals surface area contributed by atoms with E-state index >= 15 is 0 Å². The molecule has 3 nitrogen and oxygen atoms in total. The molecule has 1 aliphatic heterocycles. The van der Waals surface area contributed by atoms with E-state index in [1.54, 1.807) is 0 Å². The van der Waals surface area contributed by atoms with E-state index in [1.807, 2.05) is 0 Å². The van der Waals surface area contributed by atoms with E-state index in [4.69, 9.17) is 14.2 Å². The lowest BCUT2D eigenvalue weighted by atomic mass is 9.79. The van der Waals surface area contributed by atoms with Crippen LogP contribution in [0.2, 0.25) is 0 Å². The van der Waals surface area contributed by atoms with Gasteiger partial charge in [-0.1, -0.05) is 51.0 Å². The molecule has 1 saturated heterocycles. The normalized spacial score (nSPS) is 32.8. The Morgan fingerprint density at radius 2 is 1.55 bits per heavy atom. The quantitative estimate of drug-likeness (QED) is 0.821. The molecule has 0 radical (unpaired) electrons. The molecule has 1 saturated carbocycles. The van der Waals surface area contributed by atoms with Gasteiger partial charge in [0.2, 0.25) is 0 Å². The van der Waals surface area contributed by atoms with Crippen molar-refractivity contribution in [1.82, 2.24) is 0 Å². The summed E-state index contributed by atoms with van der Waals surface area (Å²) in [6, 6.07) is 8.89. The van der Waals surface area contributed by atoms with Crippen molar-refractivity contribution in [3.63, 3.8) is 0 Å². The summed E-state index contributed by atoms with van der Waals surface area (Å²) < 4.78 is 16.7. The molecule has 0 unspecified atom stereocenters. The first-order chi connectivity index (χ1) is 10.7. The molecule has 3 rings (SSSR count). The average molecular weight is 304 g/mol. The van der Waals surface area contributed by atoms with Crippen molar-refractivity contribution in [1.29, 1.82) is 0 Å². The van der Waals surface area contributed by atoms with E-state index in [1.165, 1.54) is 36.8 Å². The second-order valence-electron chi connectivity index (χ2n) is 7.07. The molecular weight excluding hydrogens is 276 g/mol.